The molecule has 51 heavy (non-hydrogen) atoms. The van der Waals surface area contributed by atoms with Crippen LogP contribution in [0.3, 0.4) is 0 Å². The van der Waals surface area contributed by atoms with Crippen LogP contribution in [-0.2, 0) is 32.1 Å². The first-order valence-corrected chi connectivity index (χ1v) is 21.5. The molecule has 1 amide bonds. The molecule has 0 aliphatic carbocycles. The summed E-state index contributed by atoms with van der Waals surface area (Å²) in [5, 5.41) is 2.38. The molecule has 4 rings (SSSR count). The van der Waals surface area contributed by atoms with Gasteiger partial charge in [-0.25, -0.2) is 15.1 Å². The monoisotopic (exact) mass is 738 g/mol. The molecule has 1 atom stereocenters. The highest BCUT2D eigenvalue weighted by atomic mass is 33.1. The van der Waals surface area contributed by atoms with Gasteiger partial charge < -0.3 is 14.2 Å². The summed E-state index contributed by atoms with van der Waals surface area (Å²) in [5.41, 5.74) is 5.24. The number of unbranched alkanes of at least 4 members (excludes halogenated alkanes) is 9. The average molecular weight is 739 g/mol. The molecule has 1 fully saturated rings. The molecule has 8 nitrogen and oxygen atoms in total. The van der Waals surface area contributed by atoms with E-state index in [1.165, 1.54) is 80.5 Å². The first-order chi connectivity index (χ1) is 25.1. The zero-order valence-corrected chi connectivity index (χ0v) is 32.1. The molecule has 3 aromatic rings. The minimum Gasteiger partial charge on any atom is -0.433 e. The Morgan fingerprint density at radius 3 is 2.18 bits per heavy atom. The van der Waals surface area contributed by atoms with E-state index in [9.17, 15) is 9.59 Å². The van der Waals surface area contributed by atoms with Gasteiger partial charge in [-0.2, -0.15) is 0 Å². The van der Waals surface area contributed by atoms with Crippen LogP contribution in [-0.4, -0.2) is 61.1 Å². The third kappa shape index (κ3) is 17.1. The van der Waals surface area contributed by atoms with E-state index >= 15 is 0 Å². The molecule has 0 spiro atoms. The fourth-order valence-corrected chi connectivity index (χ4v) is 8.01. The molecular weight excluding hydrogens is 681 g/mol. The van der Waals surface area contributed by atoms with Gasteiger partial charge in [-0.3, -0.25) is 9.69 Å². The zero-order valence-electron chi connectivity index (χ0n) is 30.5. The van der Waals surface area contributed by atoms with Crippen molar-refractivity contribution in [2.45, 2.75) is 110 Å². The van der Waals surface area contributed by atoms with Crippen LogP contribution in [0.1, 0.15) is 112 Å². The Balaban J connectivity index is 1.14. The molecule has 0 radical (unpaired) electrons. The quantitative estimate of drug-likeness (QED) is 0.0395. The van der Waals surface area contributed by atoms with E-state index in [1.807, 2.05) is 35.1 Å². The van der Waals surface area contributed by atoms with E-state index in [2.05, 4.69) is 47.6 Å². The van der Waals surface area contributed by atoms with Gasteiger partial charge in [0.2, 0.25) is 0 Å². The number of benzene rings is 3. The predicted molar refractivity (Wildman–Crippen MR) is 211 cm³/mol. The van der Waals surface area contributed by atoms with Crippen molar-refractivity contribution in [1.82, 2.24) is 10.4 Å². The van der Waals surface area contributed by atoms with Crippen molar-refractivity contribution in [1.29, 1.82) is 0 Å². The second-order valence-corrected chi connectivity index (χ2v) is 15.9. The number of nitrogens with zero attached hydrogens (tertiary/aromatic N) is 1. The maximum atomic E-state index is 12.6. The summed E-state index contributed by atoms with van der Waals surface area (Å²) in [4.78, 5) is 32.7. The predicted octanol–water partition coefficient (Wildman–Crippen LogP) is 10.5. The normalized spacial score (nSPS) is 14.5. The van der Waals surface area contributed by atoms with E-state index in [-0.39, 0.29) is 12.5 Å². The number of ether oxygens (including phenoxy) is 3. The third-order valence-corrected chi connectivity index (χ3v) is 11.4. The maximum Gasteiger partial charge on any atom is 0.508 e. The van der Waals surface area contributed by atoms with Crippen molar-refractivity contribution in [3.05, 3.63) is 83.4 Å². The molecule has 1 unspecified atom stereocenters. The molecule has 1 heterocycles. The molecule has 1 aliphatic heterocycles. The van der Waals surface area contributed by atoms with Gasteiger partial charge in [0.25, 0.3) is 5.91 Å². The minimum atomic E-state index is -0.628. The molecule has 280 valence electrons. The molecule has 0 saturated carbocycles. The number of carbonyl (C=O) groups is 2. The summed E-state index contributed by atoms with van der Waals surface area (Å²) in [5.74, 6) is 1.58. The van der Waals surface area contributed by atoms with Crippen LogP contribution in [0.4, 0.5) is 4.79 Å². The van der Waals surface area contributed by atoms with Crippen molar-refractivity contribution >= 4 is 44.4 Å². The third-order valence-electron chi connectivity index (χ3n) is 8.94. The number of hydrogen-bond donors (Lipinski definition) is 1. The van der Waals surface area contributed by atoms with Crippen LogP contribution in [0.15, 0.2) is 66.7 Å². The van der Waals surface area contributed by atoms with Gasteiger partial charge in [-0.15, -0.1) is 0 Å². The highest BCUT2D eigenvalue weighted by Gasteiger charge is 2.17. The van der Waals surface area contributed by atoms with Gasteiger partial charge in [-0.1, -0.05) is 135 Å². The lowest BCUT2D eigenvalue weighted by Crippen LogP contribution is -2.33. The Bertz CT molecular complexity index is 1400. The first-order valence-electron chi connectivity index (χ1n) is 19.0. The Labute approximate surface area is 313 Å². The fourth-order valence-electron chi connectivity index (χ4n) is 6.04. The number of nitrogens with one attached hydrogen (secondary N) is 1. The number of hydrogen-bond acceptors (Lipinski definition) is 9. The Hall–Kier alpha value is -2.76. The van der Waals surface area contributed by atoms with Crippen molar-refractivity contribution in [3.8, 4) is 0 Å². The van der Waals surface area contributed by atoms with Crippen LogP contribution < -0.4 is 5.48 Å². The maximum absolute atomic E-state index is 12.6. The summed E-state index contributed by atoms with van der Waals surface area (Å²) < 4.78 is 16.3. The second-order valence-electron chi connectivity index (χ2n) is 13.2. The summed E-state index contributed by atoms with van der Waals surface area (Å²) in [6.07, 6.45) is 15.3. The van der Waals surface area contributed by atoms with Crippen LogP contribution >= 0.6 is 21.6 Å². The van der Waals surface area contributed by atoms with Gasteiger partial charge in [0, 0.05) is 49.7 Å². The van der Waals surface area contributed by atoms with E-state index in [1.54, 1.807) is 22.9 Å². The first kappa shape index (κ1) is 41.0. The van der Waals surface area contributed by atoms with Crippen LogP contribution in [0.5, 0.6) is 0 Å². The number of fused-ring (bicyclic) bond motifs is 1. The van der Waals surface area contributed by atoms with Crippen molar-refractivity contribution in [2.24, 2.45) is 0 Å². The SMILES string of the molecule is CCCCCCCCCCCCSSCCOC(=O)OCCN(Cc1ccc(C(=O)NOC2CCCCO2)cc1)Cc1ccc2ccccc2c1. The van der Waals surface area contributed by atoms with Crippen LogP contribution in [0.25, 0.3) is 10.8 Å². The largest absolute Gasteiger partial charge is 0.508 e. The van der Waals surface area contributed by atoms with E-state index < -0.39 is 12.4 Å². The molecule has 1 aliphatic rings. The lowest BCUT2D eigenvalue weighted by Gasteiger charge is -2.23. The van der Waals surface area contributed by atoms with Gasteiger partial charge >= 0.3 is 6.16 Å². The lowest BCUT2D eigenvalue weighted by molar-refractivity contribution is -0.186. The lowest BCUT2D eigenvalue weighted by atomic mass is 10.1. The summed E-state index contributed by atoms with van der Waals surface area (Å²) in [7, 11) is 3.62. The number of carbonyl (C=O) groups excluding carboxylic acids is 2. The second kappa shape index (κ2) is 25.3. The van der Waals surface area contributed by atoms with Gasteiger partial charge in [0.15, 0.2) is 6.29 Å². The molecule has 1 N–H and O–H groups in total. The number of rotatable bonds is 25. The van der Waals surface area contributed by atoms with Gasteiger partial charge in [-0.05, 0) is 59.4 Å². The topological polar surface area (TPSA) is 86.3 Å². The smallest absolute Gasteiger partial charge is 0.433 e. The molecule has 0 aromatic heterocycles. The number of amides is 1. The molecule has 1 saturated heterocycles. The minimum absolute atomic E-state index is 0.216. The summed E-state index contributed by atoms with van der Waals surface area (Å²) in [6, 6.07) is 22.3. The molecular formula is C41H58N2O6S2. The Morgan fingerprint density at radius 1 is 0.765 bits per heavy atom. The summed E-state index contributed by atoms with van der Waals surface area (Å²) in [6.45, 7) is 5.29. The standard InChI is InChI=1S/C41H58N2O6S2/c1-2-3-4-5-6-7-8-9-10-15-29-50-51-30-28-48-41(45)47-27-25-43(33-35-21-22-36-16-11-12-17-38(36)31-35)32-34-19-23-37(24-20-34)40(44)42-49-39-18-13-14-26-46-39/h11-12,16-17,19-24,31,39H,2-10,13-15,18,25-30,32-33H2,1H3,(H,42,44). The summed E-state index contributed by atoms with van der Waals surface area (Å²) >= 11 is 0. The number of hydroxylamine groups is 1. The molecule has 0 bridgehead atoms. The molecule has 10 heteroatoms. The van der Waals surface area contributed by atoms with Crippen LogP contribution in [0.2, 0.25) is 0 Å². The van der Waals surface area contributed by atoms with Crippen LogP contribution in [0, 0.1) is 0 Å². The molecule has 3 aromatic carbocycles. The van der Waals surface area contributed by atoms with Crippen molar-refractivity contribution in [3.63, 3.8) is 0 Å². The van der Waals surface area contributed by atoms with Crippen molar-refractivity contribution in [2.75, 3.05) is 37.9 Å². The Morgan fingerprint density at radius 2 is 1.43 bits per heavy atom. The van der Waals surface area contributed by atoms with E-state index in [0.717, 1.165) is 36.3 Å². The van der Waals surface area contributed by atoms with Crippen molar-refractivity contribution < 1.29 is 28.6 Å². The highest BCUT2D eigenvalue weighted by molar-refractivity contribution is 8.76. The van der Waals surface area contributed by atoms with Gasteiger partial charge in [0.1, 0.15) is 13.2 Å². The Kier molecular flexibility index (Phi) is 20.3. The highest BCUT2D eigenvalue weighted by Crippen LogP contribution is 2.23. The zero-order chi connectivity index (χ0) is 35.8. The van der Waals surface area contributed by atoms with E-state index in [4.69, 9.17) is 19.0 Å². The fraction of sp³-hybridized carbons (Fsp3) is 0.561. The van der Waals surface area contributed by atoms with E-state index in [0.29, 0.717) is 38.4 Å². The van der Waals surface area contributed by atoms with Gasteiger partial charge in [0.05, 0.1) is 0 Å². The average Bonchev–Trinajstić information content (AvgIpc) is 3.16.